The van der Waals surface area contributed by atoms with Gasteiger partial charge in [-0.2, -0.15) is 0 Å². The van der Waals surface area contributed by atoms with Crippen LogP contribution in [0, 0.1) is 0 Å². The molecule has 0 unspecified atom stereocenters. The number of rotatable bonds is 5. The number of amides is 2. The minimum absolute atomic E-state index is 0.0259. The molecule has 8 heteroatoms. The molecule has 0 bridgehead atoms. The van der Waals surface area contributed by atoms with E-state index in [1.54, 1.807) is 37.4 Å². The van der Waals surface area contributed by atoms with Gasteiger partial charge in [0.1, 0.15) is 0 Å². The Labute approximate surface area is 193 Å². The number of carbonyl (C=O) groups excluding carboxylic acids is 2. The quantitative estimate of drug-likeness (QED) is 0.642. The third kappa shape index (κ3) is 4.90. The summed E-state index contributed by atoms with van der Waals surface area (Å²) in [6.07, 6.45) is 1.14. The van der Waals surface area contributed by atoms with E-state index in [-0.39, 0.29) is 23.9 Å². The molecule has 2 saturated heterocycles. The summed E-state index contributed by atoms with van der Waals surface area (Å²) in [4.78, 5) is 28.9. The van der Waals surface area contributed by atoms with Crippen LogP contribution in [-0.2, 0) is 0 Å². The van der Waals surface area contributed by atoms with Gasteiger partial charge in [-0.05, 0) is 49.2 Å². The van der Waals surface area contributed by atoms with Crippen LogP contribution >= 0.6 is 11.6 Å². The van der Waals surface area contributed by atoms with Crippen molar-refractivity contribution in [3.8, 4) is 0 Å². The fourth-order valence-electron chi connectivity index (χ4n) is 4.55. The Balaban J connectivity index is 1.33. The van der Waals surface area contributed by atoms with Crippen LogP contribution in [0.15, 0.2) is 48.5 Å². The Bertz CT molecular complexity index is 960. The van der Waals surface area contributed by atoms with E-state index in [2.05, 4.69) is 15.5 Å². The number of piperidine rings is 1. The van der Waals surface area contributed by atoms with Crippen LogP contribution in [0.25, 0.3) is 0 Å². The Hall–Kier alpha value is -2.61. The highest BCUT2D eigenvalue weighted by atomic mass is 35.5. The Morgan fingerprint density at radius 3 is 2.41 bits per heavy atom. The molecule has 2 heterocycles. The molecule has 2 aromatic carbocycles. The summed E-state index contributed by atoms with van der Waals surface area (Å²) in [5, 5.41) is 17.6. The molecule has 170 valence electrons. The van der Waals surface area contributed by atoms with Gasteiger partial charge in [0, 0.05) is 55.5 Å². The largest absolute Gasteiger partial charge is 0.390 e. The second kappa shape index (κ2) is 9.90. The number of β-amino-alcohol motifs (C(OH)–C–C–N with tert-alkyl or cyclic N) is 1. The lowest BCUT2D eigenvalue weighted by Crippen LogP contribution is -2.50. The number of carbonyl (C=O) groups is 2. The summed E-state index contributed by atoms with van der Waals surface area (Å²) in [5.74, 6) is -0.109. The molecule has 32 heavy (non-hydrogen) atoms. The number of halogens is 1. The molecule has 2 atom stereocenters. The number of benzene rings is 2. The van der Waals surface area contributed by atoms with Crippen molar-refractivity contribution < 1.29 is 14.7 Å². The molecule has 2 amide bonds. The lowest BCUT2D eigenvalue weighted by molar-refractivity contribution is 0.0691. The van der Waals surface area contributed by atoms with Crippen molar-refractivity contribution in [2.45, 2.75) is 31.0 Å². The fourth-order valence-corrected chi connectivity index (χ4v) is 4.68. The third-order valence-electron chi connectivity index (χ3n) is 6.33. The topological polar surface area (TPSA) is 84.9 Å². The molecule has 0 radical (unpaired) electrons. The van der Waals surface area contributed by atoms with Crippen LogP contribution in [-0.4, -0.2) is 73.2 Å². The zero-order valence-electron chi connectivity index (χ0n) is 18.1. The molecule has 7 nitrogen and oxygen atoms in total. The van der Waals surface area contributed by atoms with Crippen molar-refractivity contribution in [3.63, 3.8) is 0 Å². The summed E-state index contributed by atoms with van der Waals surface area (Å²) in [5.41, 5.74) is 2.09. The number of anilines is 1. The van der Waals surface area contributed by atoms with E-state index in [9.17, 15) is 14.7 Å². The molecule has 2 aliphatic rings. The molecular weight excluding hydrogens is 428 g/mol. The van der Waals surface area contributed by atoms with E-state index >= 15 is 0 Å². The van der Waals surface area contributed by atoms with E-state index in [0.717, 1.165) is 18.5 Å². The van der Waals surface area contributed by atoms with Gasteiger partial charge in [0.2, 0.25) is 0 Å². The highest BCUT2D eigenvalue weighted by Crippen LogP contribution is 2.26. The van der Waals surface area contributed by atoms with Crippen LogP contribution in [0.2, 0.25) is 5.02 Å². The van der Waals surface area contributed by atoms with Gasteiger partial charge in [-0.3, -0.25) is 9.59 Å². The predicted molar refractivity (Wildman–Crippen MR) is 125 cm³/mol. The second-order valence-electron chi connectivity index (χ2n) is 8.42. The number of hydrogen-bond acceptors (Lipinski definition) is 5. The van der Waals surface area contributed by atoms with Crippen molar-refractivity contribution in [2.75, 3.05) is 38.1 Å². The van der Waals surface area contributed by atoms with Gasteiger partial charge >= 0.3 is 0 Å². The fraction of sp³-hybridized carbons (Fsp3) is 0.417. The number of nitrogens with one attached hydrogen (secondary N) is 2. The number of aliphatic hydroxyl groups excluding tert-OH is 1. The molecule has 3 N–H and O–H groups in total. The standard InChI is InChI=1S/C24H29ClN4O3/c1-26-23(31)19-4-2-3-5-21(19)29-14-20(22(30)15-29)27-18-10-12-28(13-11-18)24(32)16-6-8-17(25)9-7-16/h2-9,18,20,22,27,30H,10-15H2,1H3,(H,26,31)/t20-,22-/m1/s1. The highest BCUT2D eigenvalue weighted by Gasteiger charge is 2.35. The Kier molecular flexibility index (Phi) is 6.98. The van der Waals surface area contributed by atoms with E-state index in [1.807, 2.05) is 23.1 Å². The maximum absolute atomic E-state index is 12.7. The van der Waals surface area contributed by atoms with E-state index in [0.29, 0.717) is 42.3 Å². The average molecular weight is 457 g/mol. The van der Waals surface area contributed by atoms with Crippen LogP contribution in [0.1, 0.15) is 33.6 Å². The minimum atomic E-state index is -0.526. The average Bonchev–Trinajstić information content (AvgIpc) is 3.19. The first-order chi connectivity index (χ1) is 15.5. The van der Waals surface area contributed by atoms with Crippen LogP contribution in [0.4, 0.5) is 5.69 Å². The highest BCUT2D eigenvalue weighted by molar-refractivity contribution is 6.30. The molecular formula is C24H29ClN4O3. The van der Waals surface area contributed by atoms with Gasteiger partial charge in [-0.25, -0.2) is 0 Å². The maximum Gasteiger partial charge on any atom is 0.253 e. The van der Waals surface area contributed by atoms with Crippen molar-refractivity contribution >= 4 is 29.1 Å². The summed E-state index contributed by atoms with van der Waals surface area (Å²) < 4.78 is 0. The van der Waals surface area contributed by atoms with Gasteiger partial charge in [0.15, 0.2) is 0 Å². The van der Waals surface area contributed by atoms with Gasteiger partial charge in [-0.1, -0.05) is 23.7 Å². The number of likely N-dealkylation sites (tertiary alicyclic amines) is 1. The third-order valence-corrected chi connectivity index (χ3v) is 6.58. The van der Waals surface area contributed by atoms with Crippen LogP contribution in [0.3, 0.4) is 0 Å². The summed E-state index contributed by atoms with van der Waals surface area (Å²) in [6.45, 7) is 2.44. The van der Waals surface area contributed by atoms with Crippen LogP contribution < -0.4 is 15.5 Å². The molecule has 2 aliphatic heterocycles. The number of aliphatic hydroxyl groups is 1. The van der Waals surface area contributed by atoms with Crippen molar-refractivity contribution in [1.29, 1.82) is 0 Å². The van der Waals surface area contributed by atoms with E-state index in [1.165, 1.54) is 0 Å². The smallest absolute Gasteiger partial charge is 0.253 e. The first kappa shape index (κ1) is 22.6. The van der Waals surface area contributed by atoms with Crippen molar-refractivity contribution in [2.24, 2.45) is 0 Å². The zero-order valence-corrected chi connectivity index (χ0v) is 18.9. The Morgan fingerprint density at radius 1 is 1.03 bits per heavy atom. The minimum Gasteiger partial charge on any atom is -0.390 e. The first-order valence-electron chi connectivity index (χ1n) is 11.0. The normalized spacial score (nSPS) is 21.6. The number of para-hydroxylation sites is 1. The molecule has 2 aromatic rings. The van der Waals surface area contributed by atoms with Crippen LogP contribution in [0.5, 0.6) is 0 Å². The molecule has 0 spiro atoms. The second-order valence-corrected chi connectivity index (χ2v) is 8.85. The molecule has 2 fully saturated rings. The summed E-state index contributed by atoms with van der Waals surface area (Å²) >= 11 is 5.92. The number of nitrogens with zero attached hydrogens (tertiary/aromatic N) is 2. The molecule has 4 rings (SSSR count). The van der Waals surface area contributed by atoms with E-state index in [4.69, 9.17) is 11.6 Å². The predicted octanol–water partition coefficient (Wildman–Crippen LogP) is 2.14. The number of hydrogen-bond donors (Lipinski definition) is 3. The molecule has 0 aliphatic carbocycles. The van der Waals surface area contributed by atoms with Gasteiger partial charge in [0.05, 0.1) is 17.7 Å². The van der Waals surface area contributed by atoms with Crippen molar-refractivity contribution in [1.82, 2.24) is 15.5 Å². The van der Waals surface area contributed by atoms with Crippen molar-refractivity contribution in [3.05, 3.63) is 64.7 Å². The molecule has 0 saturated carbocycles. The van der Waals surface area contributed by atoms with Gasteiger partial charge in [0.25, 0.3) is 11.8 Å². The van der Waals surface area contributed by atoms with E-state index < -0.39 is 6.10 Å². The Morgan fingerprint density at radius 2 is 1.72 bits per heavy atom. The summed E-state index contributed by atoms with van der Waals surface area (Å²) in [6, 6.07) is 14.6. The van der Waals surface area contributed by atoms with Gasteiger partial charge < -0.3 is 25.5 Å². The monoisotopic (exact) mass is 456 g/mol. The van der Waals surface area contributed by atoms with Gasteiger partial charge in [-0.15, -0.1) is 0 Å². The first-order valence-corrected chi connectivity index (χ1v) is 11.4. The molecule has 0 aromatic heterocycles. The maximum atomic E-state index is 12.7. The summed E-state index contributed by atoms with van der Waals surface area (Å²) in [7, 11) is 1.62. The zero-order chi connectivity index (χ0) is 22.7. The lowest BCUT2D eigenvalue weighted by Gasteiger charge is -2.34. The SMILES string of the molecule is CNC(=O)c1ccccc1N1C[C@@H](O)[C@H](NC2CCN(C(=O)c3ccc(Cl)cc3)CC2)C1. The lowest BCUT2D eigenvalue weighted by atomic mass is 10.0.